The molecule has 16 heavy (non-hydrogen) atoms. The predicted molar refractivity (Wildman–Crippen MR) is 68.1 cm³/mol. The van der Waals surface area contributed by atoms with Crippen molar-refractivity contribution in [3.63, 3.8) is 0 Å². The summed E-state index contributed by atoms with van der Waals surface area (Å²) >= 11 is 1.68. The Morgan fingerprint density at radius 2 is 2.19 bits per heavy atom. The molecule has 0 unspecified atom stereocenters. The maximum absolute atomic E-state index is 11.9. The molecule has 0 spiro atoms. The van der Waals surface area contributed by atoms with Crippen molar-refractivity contribution in [3.05, 3.63) is 57.8 Å². The molecule has 2 heteroatoms. The van der Waals surface area contributed by atoms with E-state index in [1.54, 1.807) is 11.3 Å². The van der Waals surface area contributed by atoms with Crippen LogP contribution in [0.3, 0.4) is 0 Å². The molecular weight excluding hydrogens is 216 g/mol. The fourth-order valence-corrected chi connectivity index (χ4v) is 2.36. The summed E-state index contributed by atoms with van der Waals surface area (Å²) in [6.07, 6.45) is 1.44. The van der Waals surface area contributed by atoms with E-state index in [1.807, 2.05) is 36.6 Å². The lowest BCUT2D eigenvalue weighted by Crippen LogP contribution is -2.00. The first-order chi connectivity index (χ1) is 7.75. The summed E-state index contributed by atoms with van der Waals surface area (Å²) in [5.74, 6) is 0.231. The maximum Gasteiger partial charge on any atom is 0.163 e. The van der Waals surface area contributed by atoms with Gasteiger partial charge in [0.2, 0.25) is 0 Å². The molecule has 0 aliphatic carbocycles. The lowest BCUT2D eigenvalue weighted by atomic mass is 10.0. The Kier molecular flexibility index (Phi) is 3.52. The molecule has 0 aliphatic heterocycles. The van der Waals surface area contributed by atoms with Crippen molar-refractivity contribution in [1.82, 2.24) is 0 Å². The van der Waals surface area contributed by atoms with Gasteiger partial charge in [-0.2, -0.15) is 11.3 Å². The highest BCUT2D eigenvalue weighted by atomic mass is 32.1. The largest absolute Gasteiger partial charge is 0.294 e. The quantitative estimate of drug-likeness (QED) is 0.729. The van der Waals surface area contributed by atoms with E-state index in [-0.39, 0.29) is 5.78 Å². The summed E-state index contributed by atoms with van der Waals surface area (Å²) in [5.41, 5.74) is 3.22. The second kappa shape index (κ2) is 5.08. The number of rotatable bonds is 4. The minimum Gasteiger partial charge on any atom is -0.294 e. The maximum atomic E-state index is 11.9. The van der Waals surface area contributed by atoms with Crippen LogP contribution in [0.1, 0.15) is 27.9 Å². The van der Waals surface area contributed by atoms with Gasteiger partial charge in [-0.1, -0.05) is 23.8 Å². The highest BCUT2D eigenvalue weighted by Gasteiger charge is 2.06. The van der Waals surface area contributed by atoms with Gasteiger partial charge in [0, 0.05) is 12.0 Å². The van der Waals surface area contributed by atoms with Crippen molar-refractivity contribution in [2.75, 3.05) is 0 Å². The molecule has 0 bridgehead atoms. The van der Waals surface area contributed by atoms with Crippen molar-refractivity contribution < 1.29 is 4.79 Å². The van der Waals surface area contributed by atoms with Gasteiger partial charge < -0.3 is 0 Å². The number of hydrogen-bond donors (Lipinski definition) is 0. The van der Waals surface area contributed by atoms with Crippen LogP contribution >= 0.6 is 11.3 Å². The van der Waals surface area contributed by atoms with Crippen molar-refractivity contribution >= 4 is 17.1 Å². The van der Waals surface area contributed by atoms with E-state index in [2.05, 4.69) is 11.4 Å². The lowest BCUT2D eigenvalue weighted by molar-refractivity contribution is 0.0983. The smallest absolute Gasteiger partial charge is 0.163 e. The first-order valence-electron chi connectivity index (χ1n) is 5.36. The summed E-state index contributed by atoms with van der Waals surface area (Å²) in [5, 5.41) is 4.15. The fraction of sp³-hybridized carbons (Fsp3) is 0.214. The van der Waals surface area contributed by atoms with Crippen LogP contribution in [0.4, 0.5) is 0 Å². The van der Waals surface area contributed by atoms with Crippen LogP contribution in [-0.2, 0) is 6.42 Å². The number of Topliss-reactive ketones (excluding diaryl/α,β-unsaturated/α-hetero) is 1. The van der Waals surface area contributed by atoms with Gasteiger partial charge in [-0.3, -0.25) is 4.79 Å². The summed E-state index contributed by atoms with van der Waals surface area (Å²) in [7, 11) is 0. The monoisotopic (exact) mass is 230 g/mol. The molecule has 0 N–H and O–H groups in total. The predicted octanol–water partition coefficient (Wildman–Crippen LogP) is 3.87. The molecule has 1 heterocycles. The van der Waals surface area contributed by atoms with Gasteiger partial charge in [-0.15, -0.1) is 0 Å². The molecule has 0 aliphatic rings. The molecule has 82 valence electrons. The average Bonchev–Trinajstić information content (AvgIpc) is 2.78. The number of hydrogen-bond acceptors (Lipinski definition) is 2. The Bertz CT molecular complexity index is 471. The third-order valence-corrected chi connectivity index (χ3v) is 3.29. The van der Waals surface area contributed by atoms with E-state index in [4.69, 9.17) is 0 Å². The summed E-state index contributed by atoms with van der Waals surface area (Å²) in [6.45, 7) is 2.01. The first-order valence-corrected chi connectivity index (χ1v) is 6.31. The Hall–Kier alpha value is -1.41. The minimum atomic E-state index is 0.231. The standard InChI is InChI=1S/C14H14OS/c1-11-3-2-4-13(9-11)14(15)6-5-12-7-8-16-10-12/h2-4,7-10H,5-6H2,1H3. The molecule has 1 aromatic heterocycles. The number of carbonyl (C=O) groups is 1. The Morgan fingerprint density at radius 3 is 2.88 bits per heavy atom. The molecule has 0 amide bonds. The van der Waals surface area contributed by atoms with E-state index in [0.29, 0.717) is 6.42 Å². The van der Waals surface area contributed by atoms with Gasteiger partial charge in [0.25, 0.3) is 0 Å². The van der Waals surface area contributed by atoms with E-state index in [1.165, 1.54) is 5.56 Å². The van der Waals surface area contributed by atoms with Crippen LogP contribution in [0.5, 0.6) is 0 Å². The van der Waals surface area contributed by atoms with Gasteiger partial charge in [0.05, 0.1) is 0 Å². The zero-order valence-electron chi connectivity index (χ0n) is 9.27. The van der Waals surface area contributed by atoms with Gasteiger partial charge in [0.15, 0.2) is 5.78 Å². The van der Waals surface area contributed by atoms with E-state index >= 15 is 0 Å². The van der Waals surface area contributed by atoms with Crippen LogP contribution < -0.4 is 0 Å². The second-order valence-corrected chi connectivity index (χ2v) is 4.70. The van der Waals surface area contributed by atoms with Crippen LogP contribution in [0.25, 0.3) is 0 Å². The van der Waals surface area contributed by atoms with Crippen LogP contribution in [-0.4, -0.2) is 5.78 Å². The van der Waals surface area contributed by atoms with Gasteiger partial charge in [-0.05, 0) is 41.8 Å². The van der Waals surface area contributed by atoms with Crippen LogP contribution in [0.2, 0.25) is 0 Å². The summed E-state index contributed by atoms with van der Waals surface area (Å²) < 4.78 is 0. The summed E-state index contributed by atoms with van der Waals surface area (Å²) in [6, 6.07) is 9.87. The van der Waals surface area contributed by atoms with Gasteiger partial charge in [0.1, 0.15) is 0 Å². The summed E-state index contributed by atoms with van der Waals surface area (Å²) in [4.78, 5) is 11.9. The van der Waals surface area contributed by atoms with E-state index < -0.39 is 0 Å². The van der Waals surface area contributed by atoms with Crippen LogP contribution in [0.15, 0.2) is 41.1 Å². The third-order valence-electron chi connectivity index (χ3n) is 2.56. The molecule has 0 saturated carbocycles. The van der Waals surface area contributed by atoms with Crippen molar-refractivity contribution in [2.45, 2.75) is 19.8 Å². The highest BCUT2D eigenvalue weighted by Crippen LogP contribution is 2.12. The lowest BCUT2D eigenvalue weighted by Gasteiger charge is -2.01. The van der Waals surface area contributed by atoms with Crippen LogP contribution in [0, 0.1) is 6.92 Å². The molecule has 1 aromatic carbocycles. The molecule has 0 fully saturated rings. The number of benzene rings is 1. The minimum absolute atomic E-state index is 0.231. The SMILES string of the molecule is Cc1cccc(C(=O)CCc2ccsc2)c1. The van der Waals surface area contributed by atoms with Crippen molar-refractivity contribution in [2.24, 2.45) is 0 Å². The second-order valence-electron chi connectivity index (χ2n) is 3.92. The number of ketones is 1. The molecular formula is C14H14OS. The average molecular weight is 230 g/mol. The normalized spacial score (nSPS) is 10.3. The number of carbonyl (C=O) groups excluding carboxylic acids is 1. The molecule has 0 atom stereocenters. The molecule has 0 radical (unpaired) electrons. The zero-order valence-corrected chi connectivity index (χ0v) is 10.1. The van der Waals surface area contributed by atoms with E-state index in [9.17, 15) is 4.79 Å². The highest BCUT2D eigenvalue weighted by molar-refractivity contribution is 7.07. The molecule has 2 rings (SSSR count). The van der Waals surface area contributed by atoms with E-state index in [0.717, 1.165) is 17.5 Å². The Labute approximate surface area is 99.8 Å². The zero-order chi connectivity index (χ0) is 11.4. The topological polar surface area (TPSA) is 17.1 Å². The Balaban J connectivity index is 1.98. The van der Waals surface area contributed by atoms with Gasteiger partial charge in [-0.25, -0.2) is 0 Å². The van der Waals surface area contributed by atoms with Gasteiger partial charge >= 0.3 is 0 Å². The fourth-order valence-electron chi connectivity index (χ4n) is 1.66. The number of thiophene rings is 1. The molecule has 1 nitrogen and oxygen atoms in total. The molecule has 0 saturated heterocycles. The van der Waals surface area contributed by atoms with Crippen molar-refractivity contribution in [3.8, 4) is 0 Å². The number of aryl methyl sites for hydroxylation is 2. The van der Waals surface area contributed by atoms with Crippen molar-refractivity contribution in [1.29, 1.82) is 0 Å². The first kappa shape index (κ1) is 11.1. The third kappa shape index (κ3) is 2.80. The molecule has 2 aromatic rings. The Morgan fingerprint density at radius 1 is 1.31 bits per heavy atom.